The van der Waals surface area contributed by atoms with E-state index >= 15 is 0 Å². The van der Waals surface area contributed by atoms with E-state index in [9.17, 15) is 23.1 Å². The third kappa shape index (κ3) is 4.88. The number of hydrogen-bond acceptors (Lipinski definition) is 8. The molecule has 1 amide bonds. The first-order valence-corrected chi connectivity index (χ1v) is 12.0. The summed E-state index contributed by atoms with van der Waals surface area (Å²) in [6.07, 6.45) is 0. The Labute approximate surface area is 204 Å². The quantitative estimate of drug-likeness (QED) is 0.313. The Bertz CT molecular complexity index is 1250. The number of Topliss-reactive ketones (excluding diaryl/α,β-unsaturated/α-hetero) is 1. The Morgan fingerprint density at radius 3 is 2.17 bits per heavy atom. The van der Waals surface area contributed by atoms with Gasteiger partial charge in [0.15, 0.2) is 11.5 Å². The van der Waals surface area contributed by atoms with Crippen molar-refractivity contribution in [2.45, 2.75) is 10.9 Å². The standard InChI is InChI=1S/C24H28N2O8S/c1-25(2)35(30,31)17-9-6-15(7-10-17)22(27)20-21(26(12-13-32-3)24(29)23(20)28)16-8-11-18(33-4)19(14-16)34-5/h6-11,14,21,27H,12-13H2,1-5H3/b22-20-. The molecule has 0 spiro atoms. The van der Waals surface area contributed by atoms with Crippen LogP contribution in [0.15, 0.2) is 52.9 Å². The number of amides is 1. The molecule has 188 valence electrons. The summed E-state index contributed by atoms with van der Waals surface area (Å²) in [5, 5.41) is 11.1. The van der Waals surface area contributed by atoms with E-state index in [1.165, 1.54) is 64.6 Å². The monoisotopic (exact) mass is 504 g/mol. The second-order valence-corrected chi connectivity index (χ2v) is 10.1. The minimum Gasteiger partial charge on any atom is -0.507 e. The molecule has 2 aromatic carbocycles. The van der Waals surface area contributed by atoms with Crippen LogP contribution in [0.25, 0.3) is 5.76 Å². The topological polar surface area (TPSA) is 123 Å². The maximum absolute atomic E-state index is 13.1. The third-order valence-corrected chi connectivity index (χ3v) is 7.54. The first-order valence-electron chi connectivity index (χ1n) is 10.6. The number of sulfonamides is 1. The number of carbonyl (C=O) groups excluding carboxylic acids is 2. The van der Waals surface area contributed by atoms with E-state index in [0.717, 1.165) is 4.31 Å². The van der Waals surface area contributed by atoms with Gasteiger partial charge in [-0.15, -0.1) is 0 Å². The van der Waals surface area contributed by atoms with Gasteiger partial charge in [-0.2, -0.15) is 0 Å². The summed E-state index contributed by atoms with van der Waals surface area (Å²) < 4.78 is 41.6. The maximum atomic E-state index is 13.1. The molecule has 3 rings (SSSR count). The fourth-order valence-corrected chi connectivity index (χ4v) is 4.72. The van der Waals surface area contributed by atoms with Crippen molar-refractivity contribution in [2.75, 3.05) is 48.6 Å². The highest BCUT2D eigenvalue weighted by Gasteiger charge is 2.46. The van der Waals surface area contributed by atoms with E-state index in [4.69, 9.17) is 14.2 Å². The van der Waals surface area contributed by atoms with Crippen LogP contribution in [0, 0.1) is 0 Å². The largest absolute Gasteiger partial charge is 0.507 e. The minimum atomic E-state index is -3.68. The predicted molar refractivity (Wildman–Crippen MR) is 128 cm³/mol. The molecular weight excluding hydrogens is 476 g/mol. The number of nitrogens with zero attached hydrogens (tertiary/aromatic N) is 2. The Balaban J connectivity index is 2.16. The fraction of sp³-hybridized carbons (Fsp3) is 0.333. The van der Waals surface area contributed by atoms with Crippen LogP contribution in [-0.4, -0.2) is 83.0 Å². The average Bonchev–Trinajstić information content (AvgIpc) is 3.11. The molecular formula is C24H28N2O8S. The average molecular weight is 505 g/mol. The minimum absolute atomic E-state index is 0.0241. The number of methoxy groups -OCH3 is 3. The van der Waals surface area contributed by atoms with Crippen LogP contribution in [-0.2, 0) is 24.3 Å². The van der Waals surface area contributed by atoms with Gasteiger partial charge in [0.1, 0.15) is 5.76 Å². The number of aliphatic hydroxyl groups excluding tert-OH is 1. The lowest BCUT2D eigenvalue weighted by Gasteiger charge is -2.25. The molecule has 1 atom stereocenters. The molecule has 1 aliphatic heterocycles. The lowest BCUT2D eigenvalue weighted by Crippen LogP contribution is -2.32. The van der Waals surface area contributed by atoms with Crippen molar-refractivity contribution in [3.8, 4) is 11.5 Å². The zero-order chi connectivity index (χ0) is 25.9. The van der Waals surface area contributed by atoms with Crippen LogP contribution < -0.4 is 9.47 Å². The van der Waals surface area contributed by atoms with Gasteiger partial charge in [0.2, 0.25) is 10.0 Å². The van der Waals surface area contributed by atoms with Crippen LogP contribution in [0.1, 0.15) is 17.2 Å². The summed E-state index contributed by atoms with van der Waals surface area (Å²) in [5.74, 6) is -1.21. The van der Waals surface area contributed by atoms with Gasteiger partial charge in [-0.1, -0.05) is 6.07 Å². The second-order valence-electron chi connectivity index (χ2n) is 7.91. The number of ketones is 1. The van der Waals surface area contributed by atoms with Gasteiger partial charge in [-0.3, -0.25) is 9.59 Å². The number of carbonyl (C=O) groups is 2. The highest BCUT2D eigenvalue weighted by atomic mass is 32.2. The molecule has 0 aliphatic carbocycles. The summed E-state index contributed by atoms with van der Waals surface area (Å²) in [4.78, 5) is 27.3. The van der Waals surface area contributed by atoms with Crippen LogP contribution in [0.5, 0.6) is 11.5 Å². The van der Waals surface area contributed by atoms with E-state index in [1.807, 2.05) is 0 Å². The van der Waals surface area contributed by atoms with Gasteiger partial charge in [0, 0.05) is 33.3 Å². The summed E-state index contributed by atoms with van der Waals surface area (Å²) in [6, 6.07) is 9.47. The number of rotatable bonds is 9. The number of benzene rings is 2. The van der Waals surface area contributed by atoms with Crippen molar-refractivity contribution in [1.82, 2.24) is 9.21 Å². The summed E-state index contributed by atoms with van der Waals surface area (Å²) in [6.45, 7) is 0.283. The normalized spacial score (nSPS) is 17.8. The SMILES string of the molecule is COCCN1C(=O)C(=O)/C(=C(\O)c2ccc(S(=O)(=O)N(C)C)cc2)C1c1ccc(OC)c(OC)c1. The second kappa shape index (κ2) is 10.5. The first kappa shape index (κ1) is 26.2. The Morgan fingerprint density at radius 1 is 1.00 bits per heavy atom. The zero-order valence-corrected chi connectivity index (χ0v) is 21.0. The Kier molecular flexibility index (Phi) is 7.83. The molecule has 0 saturated carbocycles. The zero-order valence-electron chi connectivity index (χ0n) is 20.1. The van der Waals surface area contributed by atoms with Crippen molar-refractivity contribution in [2.24, 2.45) is 0 Å². The molecule has 2 aromatic rings. The first-order chi connectivity index (χ1) is 16.6. The molecule has 1 saturated heterocycles. The van der Waals surface area contributed by atoms with E-state index in [2.05, 4.69) is 0 Å². The summed E-state index contributed by atoms with van der Waals surface area (Å²) >= 11 is 0. The van der Waals surface area contributed by atoms with Crippen LogP contribution in [0.2, 0.25) is 0 Å². The molecule has 1 N–H and O–H groups in total. The van der Waals surface area contributed by atoms with E-state index in [-0.39, 0.29) is 29.2 Å². The molecule has 0 bridgehead atoms. The molecule has 11 heteroatoms. The predicted octanol–water partition coefficient (Wildman–Crippen LogP) is 2.02. The highest BCUT2D eigenvalue weighted by Crippen LogP contribution is 2.41. The molecule has 0 aromatic heterocycles. The number of likely N-dealkylation sites (tertiary alicyclic amines) is 1. The molecule has 35 heavy (non-hydrogen) atoms. The van der Waals surface area contributed by atoms with Gasteiger partial charge in [-0.25, -0.2) is 12.7 Å². The van der Waals surface area contributed by atoms with Crippen LogP contribution >= 0.6 is 0 Å². The molecule has 10 nitrogen and oxygen atoms in total. The van der Waals surface area contributed by atoms with E-state index < -0.39 is 33.5 Å². The van der Waals surface area contributed by atoms with E-state index in [0.29, 0.717) is 17.1 Å². The summed E-state index contributed by atoms with van der Waals surface area (Å²) in [5.41, 5.74) is 0.589. The van der Waals surface area contributed by atoms with Crippen molar-refractivity contribution >= 4 is 27.5 Å². The summed E-state index contributed by atoms with van der Waals surface area (Å²) in [7, 11) is 3.57. The maximum Gasteiger partial charge on any atom is 0.295 e. The highest BCUT2D eigenvalue weighted by molar-refractivity contribution is 7.89. The van der Waals surface area contributed by atoms with Gasteiger partial charge in [-0.05, 0) is 42.0 Å². The third-order valence-electron chi connectivity index (χ3n) is 5.71. The number of hydrogen-bond donors (Lipinski definition) is 1. The fourth-order valence-electron chi connectivity index (χ4n) is 3.82. The van der Waals surface area contributed by atoms with Gasteiger partial charge in [0.25, 0.3) is 11.7 Å². The lowest BCUT2D eigenvalue weighted by atomic mass is 9.95. The van der Waals surface area contributed by atoms with Crippen molar-refractivity contribution in [1.29, 1.82) is 0 Å². The van der Waals surface area contributed by atoms with Crippen molar-refractivity contribution in [3.63, 3.8) is 0 Å². The van der Waals surface area contributed by atoms with Crippen molar-refractivity contribution < 1.29 is 37.3 Å². The van der Waals surface area contributed by atoms with Gasteiger partial charge < -0.3 is 24.2 Å². The van der Waals surface area contributed by atoms with Crippen LogP contribution in [0.4, 0.5) is 0 Å². The number of aliphatic hydroxyl groups is 1. The Hall–Kier alpha value is -3.41. The molecule has 1 unspecified atom stereocenters. The van der Waals surface area contributed by atoms with Gasteiger partial charge >= 0.3 is 0 Å². The lowest BCUT2D eigenvalue weighted by molar-refractivity contribution is -0.140. The Morgan fingerprint density at radius 2 is 1.63 bits per heavy atom. The van der Waals surface area contributed by atoms with Gasteiger partial charge in [0.05, 0.1) is 37.3 Å². The molecule has 1 aliphatic rings. The van der Waals surface area contributed by atoms with E-state index in [1.54, 1.807) is 18.2 Å². The molecule has 1 heterocycles. The molecule has 0 radical (unpaired) electrons. The number of ether oxygens (including phenoxy) is 3. The van der Waals surface area contributed by atoms with Crippen molar-refractivity contribution in [3.05, 3.63) is 59.2 Å². The van der Waals surface area contributed by atoms with Crippen LogP contribution in [0.3, 0.4) is 0 Å². The molecule has 1 fully saturated rings. The smallest absolute Gasteiger partial charge is 0.295 e.